The highest BCUT2D eigenvalue weighted by Gasteiger charge is 2.66. The third kappa shape index (κ3) is 3.10. The smallest absolute Gasteiger partial charge is 0.230 e. The molecule has 0 saturated carbocycles. The molecular weight excluding hydrogens is 384 g/mol. The number of furan rings is 1. The van der Waals surface area contributed by atoms with Crippen molar-refractivity contribution in [2.45, 2.75) is 24.7 Å². The highest BCUT2D eigenvalue weighted by Crippen LogP contribution is 2.52. The Morgan fingerprint density at radius 1 is 1.30 bits per heavy atom. The minimum atomic E-state index is -0.702. The molecule has 2 fully saturated rings. The van der Waals surface area contributed by atoms with Crippen LogP contribution in [-0.4, -0.2) is 48.6 Å². The van der Waals surface area contributed by atoms with Gasteiger partial charge in [0.05, 0.1) is 44.4 Å². The highest BCUT2D eigenvalue weighted by atomic mass is 16.5. The van der Waals surface area contributed by atoms with Crippen LogP contribution in [0.25, 0.3) is 0 Å². The molecule has 2 bridgehead atoms. The second kappa shape index (κ2) is 7.32. The van der Waals surface area contributed by atoms with Gasteiger partial charge in [-0.2, -0.15) is 0 Å². The summed E-state index contributed by atoms with van der Waals surface area (Å²) in [7, 11) is 1.63. The fraction of sp³-hybridized carbons (Fsp3) is 0.391. The van der Waals surface area contributed by atoms with E-state index in [2.05, 4.69) is 5.32 Å². The van der Waals surface area contributed by atoms with Crippen molar-refractivity contribution >= 4 is 11.8 Å². The van der Waals surface area contributed by atoms with E-state index in [-0.39, 0.29) is 17.9 Å². The van der Waals surface area contributed by atoms with Crippen molar-refractivity contribution in [1.29, 1.82) is 0 Å². The predicted octanol–water partition coefficient (Wildman–Crippen LogP) is 1.93. The molecule has 156 valence electrons. The molecule has 4 atom stereocenters. The largest absolute Gasteiger partial charge is 0.497 e. The molecular formula is C23H24N2O5. The van der Waals surface area contributed by atoms with Gasteiger partial charge in [0.1, 0.15) is 17.1 Å². The summed E-state index contributed by atoms with van der Waals surface area (Å²) in [6.45, 7) is 1.33. The molecule has 3 aliphatic rings. The Kier molecular flexibility index (Phi) is 4.62. The zero-order valence-corrected chi connectivity index (χ0v) is 16.7. The van der Waals surface area contributed by atoms with Crippen LogP contribution >= 0.6 is 0 Å². The zero-order valence-electron chi connectivity index (χ0n) is 16.7. The number of likely N-dealkylation sites (tertiary alicyclic amines) is 1. The average molecular weight is 408 g/mol. The van der Waals surface area contributed by atoms with Gasteiger partial charge in [-0.05, 0) is 36.2 Å². The number of hydrogen-bond donors (Lipinski definition) is 1. The molecule has 3 aliphatic heterocycles. The van der Waals surface area contributed by atoms with Gasteiger partial charge in [0.15, 0.2) is 0 Å². The van der Waals surface area contributed by atoms with Gasteiger partial charge in [0.25, 0.3) is 0 Å². The van der Waals surface area contributed by atoms with Crippen molar-refractivity contribution in [2.24, 2.45) is 11.8 Å². The topological polar surface area (TPSA) is 81.0 Å². The maximum Gasteiger partial charge on any atom is 0.230 e. The van der Waals surface area contributed by atoms with E-state index >= 15 is 0 Å². The fourth-order valence-electron chi connectivity index (χ4n) is 4.84. The molecule has 7 heteroatoms. The number of carbonyl (C=O) groups excluding carboxylic acids is 2. The standard InChI is InChI=1S/C23H24N2O5/c1-28-16-6-4-15(5-7-16)9-11-24-21(26)19-18-8-10-23(30-18)14-25(22(27)20(19)23)13-17-3-2-12-29-17/h2-8,10,12,18-20H,9,11,13-14H2,1H3,(H,24,26)/t18-,19+,20-,23+/m1/s1. The van der Waals surface area contributed by atoms with E-state index in [1.165, 1.54) is 0 Å². The van der Waals surface area contributed by atoms with E-state index < -0.39 is 17.4 Å². The molecule has 0 radical (unpaired) electrons. The number of benzene rings is 1. The normalized spacial score (nSPS) is 28.8. The molecule has 1 spiro atoms. The highest BCUT2D eigenvalue weighted by molar-refractivity contribution is 5.93. The monoisotopic (exact) mass is 408 g/mol. The predicted molar refractivity (Wildman–Crippen MR) is 108 cm³/mol. The maximum absolute atomic E-state index is 13.1. The number of amides is 2. The summed E-state index contributed by atoms with van der Waals surface area (Å²) in [4.78, 5) is 27.9. The SMILES string of the molecule is COc1ccc(CCNC(=O)[C@H]2[C@H]3C=C[C@@]4(CN(Cc5ccco5)C(=O)[C@@H]24)O3)cc1. The molecule has 30 heavy (non-hydrogen) atoms. The van der Waals surface area contributed by atoms with Gasteiger partial charge in [-0.3, -0.25) is 9.59 Å². The minimum absolute atomic E-state index is 0.0476. The van der Waals surface area contributed by atoms with Gasteiger partial charge >= 0.3 is 0 Å². The number of nitrogens with one attached hydrogen (secondary N) is 1. The van der Waals surface area contributed by atoms with Gasteiger partial charge in [-0.25, -0.2) is 0 Å². The van der Waals surface area contributed by atoms with Crippen LogP contribution in [0.1, 0.15) is 11.3 Å². The summed E-state index contributed by atoms with van der Waals surface area (Å²) in [5.41, 5.74) is 0.407. The molecule has 1 N–H and O–H groups in total. The third-order valence-electron chi connectivity index (χ3n) is 6.28. The van der Waals surface area contributed by atoms with Gasteiger partial charge in [0.2, 0.25) is 11.8 Å². The average Bonchev–Trinajstić information content (AvgIpc) is 3.52. The summed E-state index contributed by atoms with van der Waals surface area (Å²) in [5, 5.41) is 3.00. The zero-order chi connectivity index (χ0) is 20.7. The van der Waals surface area contributed by atoms with Crippen LogP contribution in [0.4, 0.5) is 0 Å². The van der Waals surface area contributed by atoms with Crippen molar-refractivity contribution in [3.63, 3.8) is 0 Å². The lowest BCUT2D eigenvalue weighted by Crippen LogP contribution is -2.44. The Morgan fingerprint density at radius 2 is 2.13 bits per heavy atom. The summed E-state index contributed by atoms with van der Waals surface area (Å²) in [6, 6.07) is 11.4. The van der Waals surface area contributed by atoms with Crippen molar-refractivity contribution in [2.75, 3.05) is 20.2 Å². The Morgan fingerprint density at radius 3 is 2.87 bits per heavy atom. The third-order valence-corrected chi connectivity index (χ3v) is 6.28. The lowest BCUT2D eigenvalue weighted by atomic mass is 9.77. The van der Waals surface area contributed by atoms with Gasteiger partial charge in [-0.1, -0.05) is 24.3 Å². The number of rotatable bonds is 7. The Hall–Kier alpha value is -3.06. The van der Waals surface area contributed by atoms with E-state index in [0.717, 1.165) is 17.1 Å². The molecule has 4 heterocycles. The van der Waals surface area contributed by atoms with Crippen LogP contribution in [0.2, 0.25) is 0 Å². The first-order chi connectivity index (χ1) is 14.6. The number of hydrogen-bond acceptors (Lipinski definition) is 5. The van der Waals surface area contributed by atoms with E-state index in [1.807, 2.05) is 42.5 Å². The minimum Gasteiger partial charge on any atom is -0.497 e. The number of ether oxygens (including phenoxy) is 2. The lowest BCUT2D eigenvalue weighted by molar-refractivity contribution is -0.138. The second-order valence-corrected chi connectivity index (χ2v) is 8.06. The first-order valence-electron chi connectivity index (χ1n) is 10.2. The van der Waals surface area contributed by atoms with E-state index in [9.17, 15) is 9.59 Å². The van der Waals surface area contributed by atoms with Crippen LogP contribution in [0, 0.1) is 11.8 Å². The van der Waals surface area contributed by atoms with Crippen LogP contribution in [0.15, 0.2) is 59.2 Å². The van der Waals surface area contributed by atoms with E-state index in [0.29, 0.717) is 26.1 Å². The van der Waals surface area contributed by atoms with Crippen LogP contribution in [-0.2, 0) is 27.3 Å². The summed E-state index contributed by atoms with van der Waals surface area (Å²) in [6.07, 6.45) is 5.84. The second-order valence-electron chi connectivity index (χ2n) is 8.06. The molecule has 0 aliphatic carbocycles. The Balaban J connectivity index is 1.24. The van der Waals surface area contributed by atoms with Crippen LogP contribution < -0.4 is 10.1 Å². The summed E-state index contributed by atoms with van der Waals surface area (Å²) in [5.74, 6) is 0.367. The summed E-state index contributed by atoms with van der Waals surface area (Å²) < 4.78 is 16.7. The fourth-order valence-corrected chi connectivity index (χ4v) is 4.84. The first-order valence-corrected chi connectivity index (χ1v) is 10.2. The first kappa shape index (κ1) is 18.9. The van der Waals surface area contributed by atoms with Gasteiger partial charge in [-0.15, -0.1) is 0 Å². The van der Waals surface area contributed by atoms with Crippen LogP contribution in [0.5, 0.6) is 5.75 Å². The molecule has 0 unspecified atom stereocenters. The van der Waals surface area contributed by atoms with Crippen molar-refractivity contribution in [1.82, 2.24) is 10.2 Å². The summed E-state index contributed by atoms with van der Waals surface area (Å²) >= 11 is 0. The lowest BCUT2D eigenvalue weighted by Gasteiger charge is -2.23. The molecule has 5 rings (SSSR count). The molecule has 1 aromatic carbocycles. The number of carbonyl (C=O) groups is 2. The van der Waals surface area contributed by atoms with Crippen molar-refractivity contribution < 1.29 is 23.5 Å². The van der Waals surface area contributed by atoms with E-state index in [4.69, 9.17) is 13.9 Å². The maximum atomic E-state index is 13.1. The molecule has 7 nitrogen and oxygen atoms in total. The number of methoxy groups -OCH3 is 1. The van der Waals surface area contributed by atoms with Crippen molar-refractivity contribution in [3.05, 3.63) is 66.1 Å². The van der Waals surface area contributed by atoms with Gasteiger partial charge < -0.3 is 24.1 Å². The quantitative estimate of drug-likeness (QED) is 0.708. The van der Waals surface area contributed by atoms with Crippen molar-refractivity contribution in [3.8, 4) is 5.75 Å². The van der Waals surface area contributed by atoms with Gasteiger partial charge in [0, 0.05) is 6.54 Å². The Bertz CT molecular complexity index is 968. The molecule has 2 amide bonds. The molecule has 2 saturated heterocycles. The number of fused-ring (bicyclic) bond motifs is 1. The molecule has 2 aromatic rings. The number of nitrogens with zero attached hydrogens (tertiary/aromatic N) is 1. The van der Waals surface area contributed by atoms with Crippen LogP contribution in [0.3, 0.4) is 0 Å². The van der Waals surface area contributed by atoms with E-state index in [1.54, 1.807) is 24.3 Å². The molecule has 1 aromatic heterocycles. The Labute approximate surface area is 174 Å².